The van der Waals surface area contributed by atoms with Crippen molar-refractivity contribution in [3.63, 3.8) is 0 Å². The van der Waals surface area contributed by atoms with Gasteiger partial charge in [0, 0.05) is 13.2 Å². The second-order valence-corrected chi connectivity index (χ2v) is 4.89. The number of nitriles is 1. The predicted octanol–water partition coefficient (Wildman–Crippen LogP) is 2.66. The first-order chi connectivity index (χ1) is 8.41. The number of benzene rings is 1. The summed E-state index contributed by atoms with van der Waals surface area (Å²) >= 11 is 0. The highest BCUT2D eigenvalue weighted by Gasteiger charge is 2.19. The molecule has 3 nitrogen and oxygen atoms in total. The van der Waals surface area contributed by atoms with Crippen LogP contribution >= 0.6 is 0 Å². The molecule has 0 aromatic heterocycles. The number of hydrogen-bond acceptors (Lipinski definition) is 3. The van der Waals surface area contributed by atoms with Crippen molar-refractivity contribution < 1.29 is 13.9 Å². The number of nitrogens with zero attached hydrogens (tertiary/aromatic N) is 1. The second kappa shape index (κ2) is 5.78. The minimum atomic E-state index is -1.14. The number of aliphatic hydroxyl groups excluding tert-OH is 1. The summed E-state index contributed by atoms with van der Waals surface area (Å²) in [5, 5.41) is 20.2. The van der Waals surface area contributed by atoms with Crippen LogP contribution in [0.1, 0.15) is 25.8 Å². The molecular weight excluding hydrogens is 238 g/mol. The van der Waals surface area contributed by atoms with Gasteiger partial charge >= 0.3 is 0 Å². The average molecular weight is 254 g/mol. The molecule has 0 saturated carbocycles. The standard InChI is InChI=1S/C13H16F2N2O/c1-13(2,5-6-18)8-17-10-4-3-9(7-16)11(14)12(10)15/h3-4,17-18H,5-6,8H2,1-2H3. The molecule has 0 bridgehead atoms. The molecular formula is C13H16F2N2O. The molecule has 0 amide bonds. The molecule has 0 radical (unpaired) electrons. The van der Waals surface area contributed by atoms with Crippen molar-refractivity contribution in [2.75, 3.05) is 18.5 Å². The van der Waals surface area contributed by atoms with Crippen LogP contribution in [0.5, 0.6) is 0 Å². The van der Waals surface area contributed by atoms with Crippen LogP contribution in [0.2, 0.25) is 0 Å². The highest BCUT2D eigenvalue weighted by Crippen LogP contribution is 2.24. The lowest BCUT2D eigenvalue weighted by Crippen LogP contribution is -2.24. The topological polar surface area (TPSA) is 56.0 Å². The van der Waals surface area contributed by atoms with Crippen molar-refractivity contribution in [3.05, 3.63) is 29.3 Å². The van der Waals surface area contributed by atoms with Gasteiger partial charge < -0.3 is 10.4 Å². The van der Waals surface area contributed by atoms with Gasteiger partial charge in [-0.25, -0.2) is 8.78 Å². The molecule has 0 aliphatic carbocycles. The maximum atomic E-state index is 13.6. The van der Waals surface area contributed by atoms with Crippen molar-refractivity contribution in [2.45, 2.75) is 20.3 Å². The van der Waals surface area contributed by atoms with Crippen LogP contribution in [-0.4, -0.2) is 18.3 Å². The lowest BCUT2D eigenvalue weighted by Gasteiger charge is -2.24. The Morgan fingerprint density at radius 3 is 2.56 bits per heavy atom. The summed E-state index contributed by atoms with van der Waals surface area (Å²) in [7, 11) is 0. The van der Waals surface area contributed by atoms with Crippen LogP contribution < -0.4 is 5.32 Å². The Hall–Kier alpha value is -1.67. The molecule has 0 atom stereocenters. The van der Waals surface area contributed by atoms with E-state index in [0.717, 1.165) is 0 Å². The third-order valence-corrected chi connectivity index (χ3v) is 2.75. The summed E-state index contributed by atoms with van der Waals surface area (Å²) in [4.78, 5) is 0. The van der Waals surface area contributed by atoms with Gasteiger partial charge in [-0.05, 0) is 24.0 Å². The Morgan fingerprint density at radius 1 is 1.33 bits per heavy atom. The zero-order valence-corrected chi connectivity index (χ0v) is 10.4. The summed E-state index contributed by atoms with van der Waals surface area (Å²) in [6.45, 7) is 4.26. The summed E-state index contributed by atoms with van der Waals surface area (Å²) in [5.74, 6) is -2.18. The van der Waals surface area contributed by atoms with Crippen LogP contribution in [0.4, 0.5) is 14.5 Å². The van der Waals surface area contributed by atoms with E-state index in [9.17, 15) is 8.78 Å². The first-order valence-corrected chi connectivity index (χ1v) is 5.64. The molecule has 0 fully saturated rings. The minimum absolute atomic E-state index is 0.0255. The van der Waals surface area contributed by atoms with Gasteiger partial charge in [-0.2, -0.15) is 5.26 Å². The zero-order chi connectivity index (χ0) is 13.8. The number of rotatable bonds is 5. The fourth-order valence-electron chi connectivity index (χ4n) is 1.50. The molecule has 1 aromatic rings. The van der Waals surface area contributed by atoms with E-state index in [1.807, 2.05) is 13.8 Å². The van der Waals surface area contributed by atoms with E-state index in [4.69, 9.17) is 10.4 Å². The Labute approximate surface area is 105 Å². The first-order valence-electron chi connectivity index (χ1n) is 5.64. The van der Waals surface area contributed by atoms with Gasteiger partial charge in [0.05, 0.1) is 11.3 Å². The zero-order valence-electron chi connectivity index (χ0n) is 10.4. The smallest absolute Gasteiger partial charge is 0.183 e. The maximum absolute atomic E-state index is 13.6. The molecule has 0 aliphatic rings. The molecule has 1 rings (SSSR count). The van der Waals surface area contributed by atoms with E-state index in [-0.39, 0.29) is 23.3 Å². The minimum Gasteiger partial charge on any atom is -0.396 e. The van der Waals surface area contributed by atoms with Crippen LogP contribution in [0, 0.1) is 28.4 Å². The number of hydrogen-bond donors (Lipinski definition) is 2. The SMILES string of the molecule is CC(C)(CCO)CNc1ccc(C#N)c(F)c1F. The maximum Gasteiger partial charge on any atom is 0.183 e. The third kappa shape index (κ3) is 3.41. The van der Waals surface area contributed by atoms with Crippen molar-refractivity contribution >= 4 is 5.69 Å². The summed E-state index contributed by atoms with van der Waals surface area (Å²) in [6.07, 6.45) is 0.556. The lowest BCUT2D eigenvalue weighted by molar-refractivity contribution is 0.220. The molecule has 0 unspecified atom stereocenters. The van der Waals surface area contributed by atoms with Crippen molar-refractivity contribution in [1.29, 1.82) is 5.26 Å². The van der Waals surface area contributed by atoms with Crippen molar-refractivity contribution in [2.24, 2.45) is 5.41 Å². The van der Waals surface area contributed by atoms with E-state index in [1.165, 1.54) is 12.1 Å². The molecule has 2 N–H and O–H groups in total. The molecule has 5 heteroatoms. The number of anilines is 1. The summed E-state index contributed by atoms with van der Waals surface area (Å²) in [5.41, 5.74) is -0.517. The summed E-state index contributed by atoms with van der Waals surface area (Å²) < 4.78 is 26.9. The van der Waals surface area contributed by atoms with E-state index in [0.29, 0.717) is 13.0 Å². The summed E-state index contributed by atoms with van der Waals surface area (Å²) in [6, 6.07) is 4.16. The molecule has 0 spiro atoms. The second-order valence-electron chi connectivity index (χ2n) is 4.89. The third-order valence-electron chi connectivity index (χ3n) is 2.75. The molecule has 18 heavy (non-hydrogen) atoms. The first kappa shape index (κ1) is 14.4. The van der Waals surface area contributed by atoms with E-state index < -0.39 is 11.6 Å². The number of nitrogens with one attached hydrogen (secondary N) is 1. The van der Waals surface area contributed by atoms with Crippen molar-refractivity contribution in [3.8, 4) is 6.07 Å². The predicted molar refractivity (Wildman–Crippen MR) is 65.0 cm³/mol. The number of halogens is 2. The highest BCUT2D eigenvalue weighted by molar-refractivity contribution is 5.49. The van der Waals surface area contributed by atoms with Gasteiger partial charge in [-0.15, -0.1) is 0 Å². The lowest BCUT2D eigenvalue weighted by atomic mass is 9.89. The fraction of sp³-hybridized carbons (Fsp3) is 0.462. The Morgan fingerprint density at radius 2 is 2.00 bits per heavy atom. The van der Waals surface area contributed by atoms with Gasteiger partial charge in [-0.3, -0.25) is 0 Å². The van der Waals surface area contributed by atoms with Crippen LogP contribution in [0.25, 0.3) is 0 Å². The normalized spacial score (nSPS) is 11.1. The fourth-order valence-corrected chi connectivity index (χ4v) is 1.50. The molecule has 98 valence electrons. The van der Waals surface area contributed by atoms with E-state index in [1.54, 1.807) is 6.07 Å². The molecule has 0 saturated heterocycles. The Balaban J connectivity index is 2.81. The van der Waals surface area contributed by atoms with Gasteiger partial charge in [0.25, 0.3) is 0 Å². The largest absolute Gasteiger partial charge is 0.396 e. The van der Waals surface area contributed by atoms with Gasteiger partial charge in [0.1, 0.15) is 6.07 Å². The number of aliphatic hydroxyl groups is 1. The van der Waals surface area contributed by atoms with Gasteiger partial charge in [-0.1, -0.05) is 13.8 Å². The van der Waals surface area contributed by atoms with Crippen LogP contribution in [0.3, 0.4) is 0 Å². The van der Waals surface area contributed by atoms with Crippen LogP contribution in [0.15, 0.2) is 12.1 Å². The van der Waals surface area contributed by atoms with E-state index in [2.05, 4.69) is 5.32 Å². The highest BCUT2D eigenvalue weighted by atomic mass is 19.2. The molecule has 0 aliphatic heterocycles. The van der Waals surface area contributed by atoms with Crippen LogP contribution in [-0.2, 0) is 0 Å². The monoisotopic (exact) mass is 254 g/mol. The quantitative estimate of drug-likeness (QED) is 0.849. The average Bonchev–Trinajstić information content (AvgIpc) is 2.31. The molecule has 0 heterocycles. The Kier molecular flexibility index (Phi) is 4.62. The van der Waals surface area contributed by atoms with Gasteiger partial charge in [0.15, 0.2) is 11.6 Å². The van der Waals surface area contributed by atoms with Crippen molar-refractivity contribution in [1.82, 2.24) is 0 Å². The Bertz CT molecular complexity index is 467. The van der Waals surface area contributed by atoms with E-state index >= 15 is 0 Å². The van der Waals surface area contributed by atoms with Gasteiger partial charge in [0.2, 0.25) is 0 Å². The molecule has 1 aromatic carbocycles.